The molecule has 2 rings (SSSR count). The Kier molecular flexibility index (Phi) is 3.34. The second kappa shape index (κ2) is 4.76. The summed E-state index contributed by atoms with van der Waals surface area (Å²) >= 11 is 2.68. The third kappa shape index (κ3) is 2.59. The van der Waals surface area contributed by atoms with Gasteiger partial charge in [-0.15, -0.1) is 21.5 Å². The van der Waals surface area contributed by atoms with E-state index in [4.69, 9.17) is 10.9 Å². The van der Waals surface area contributed by atoms with Gasteiger partial charge in [0, 0.05) is 10.6 Å². The molecule has 2 heterocycles. The maximum Gasteiger partial charge on any atom is 0.345 e. The molecule has 8 heteroatoms. The van der Waals surface area contributed by atoms with E-state index in [0.29, 0.717) is 21.6 Å². The monoisotopic (exact) mass is 270 g/mol. The number of aryl methyl sites for hydroxylation is 1. The molecule has 17 heavy (non-hydrogen) atoms. The van der Waals surface area contributed by atoms with Gasteiger partial charge in [-0.25, -0.2) is 9.47 Å². The zero-order valence-corrected chi connectivity index (χ0v) is 10.6. The van der Waals surface area contributed by atoms with E-state index in [1.54, 1.807) is 19.1 Å². The van der Waals surface area contributed by atoms with Gasteiger partial charge in [-0.05, 0) is 19.1 Å². The number of aromatic carboxylic acids is 1. The maximum absolute atomic E-state index is 10.7. The number of carbonyl (C=O) groups is 1. The van der Waals surface area contributed by atoms with Gasteiger partial charge in [0.05, 0.1) is 0 Å². The Morgan fingerprint density at radius 2 is 2.35 bits per heavy atom. The highest BCUT2D eigenvalue weighted by atomic mass is 32.2. The number of aromatic nitrogens is 3. The van der Waals surface area contributed by atoms with Gasteiger partial charge in [0.2, 0.25) is 5.16 Å². The van der Waals surface area contributed by atoms with Crippen molar-refractivity contribution in [3.8, 4) is 0 Å². The summed E-state index contributed by atoms with van der Waals surface area (Å²) < 4.78 is 1.41. The van der Waals surface area contributed by atoms with E-state index in [0.717, 1.165) is 4.88 Å². The maximum atomic E-state index is 10.7. The minimum absolute atomic E-state index is 0.339. The SMILES string of the molecule is Cc1nnc(SCc2ccc(C(=O)O)s2)n1N. The van der Waals surface area contributed by atoms with Gasteiger partial charge >= 0.3 is 5.97 Å². The van der Waals surface area contributed by atoms with Crippen LogP contribution in [0, 0.1) is 6.92 Å². The van der Waals surface area contributed by atoms with Crippen LogP contribution in [-0.2, 0) is 5.75 Å². The number of thioether (sulfide) groups is 1. The van der Waals surface area contributed by atoms with Crippen LogP contribution in [0.1, 0.15) is 20.4 Å². The summed E-state index contributed by atoms with van der Waals surface area (Å²) in [5, 5.41) is 17.2. The summed E-state index contributed by atoms with van der Waals surface area (Å²) in [5.41, 5.74) is 0. The molecule has 6 nitrogen and oxygen atoms in total. The standard InChI is InChI=1S/C9H10N4O2S2/c1-5-11-12-9(13(5)10)16-4-6-2-3-7(17-6)8(14)15/h2-3H,4,10H2,1H3,(H,14,15). The molecule has 2 aromatic heterocycles. The first-order chi connectivity index (χ1) is 8.08. The molecule has 0 fully saturated rings. The van der Waals surface area contributed by atoms with Crippen LogP contribution >= 0.6 is 23.1 Å². The zero-order chi connectivity index (χ0) is 12.4. The van der Waals surface area contributed by atoms with Crippen molar-refractivity contribution in [1.82, 2.24) is 14.9 Å². The number of carboxylic acids is 1. The first kappa shape index (κ1) is 11.9. The van der Waals surface area contributed by atoms with Crippen molar-refractivity contribution in [2.24, 2.45) is 0 Å². The van der Waals surface area contributed by atoms with E-state index in [-0.39, 0.29) is 0 Å². The summed E-state index contributed by atoms with van der Waals surface area (Å²) in [7, 11) is 0. The Bertz CT molecular complexity index is 549. The molecule has 3 N–H and O–H groups in total. The predicted molar refractivity (Wildman–Crippen MR) is 65.7 cm³/mol. The van der Waals surface area contributed by atoms with Crippen LogP contribution in [0.15, 0.2) is 17.3 Å². The van der Waals surface area contributed by atoms with E-state index in [1.165, 1.54) is 27.8 Å². The average Bonchev–Trinajstić information content (AvgIpc) is 2.86. The van der Waals surface area contributed by atoms with Crippen LogP contribution < -0.4 is 5.84 Å². The van der Waals surface area contributed by atoms with Crippen LogP contribution in [-0.4, -0.2) is 25.9 Å². The molecule has 0 radical (unpaired) electrons. The molecule has 2 aromatic rings. The molecule has 0 saturated carbocycles. The molecule has 0 bridgehead atoms. The summed E-state index contributed by atoms with van der Waals surface area (Å²) in [5.74, 6) is 6.08. The van der Waals surface area contributed by atoms with Crippen LogP contribution in [0.3, 0.4) is 0 Å². The number of rotatable bonds is 4. The number of hydrogen-bond acceptors (Lipinski definition) is 6. The smallest absolute Gasteiger partial charge is 0.345 e. The Balaban J connectivity index is 2.02. The second-order valence-corrected chi connectivity index (χ2v) is 5.37. The summed E-state index contributed by atoms with van der Waals surface area (Å²) in [6.45, 7) is 1.77. The van der Waals surface area contributed by atoms with Crippen molar-refractivity contribution in [3.05, 3.63) is 27.7 Å². The quantitative estimate of drug-likeness (QED) is 0.643. The molecule has 0 atom stereocenters. The van der Waals surface area contributed by atoms with Gasteiger partial charge in [0.1, 0.15) is 10.7 Å². The lowest BCUT2D eigenvalue weighted by atomic mass is 10.4. The molecule has 0 spiro atoms. The van der Waals surface area contributed by atoms with Gasteiger partial charge in [0.15, 0.2) is 0 Å². The van der Waals surface area contributed by atoms with Crippen molar-refractivity contribution < 1.29 is 9.90 Å². The molecule has 0 aliphatic rings. The molecular weight excluding hydrogens is 260 g/mol. The molecule has 90 valence electrons. The number of nitrogens with zero attached hydrogens (tertiary/aromatic N) is 3. The van der Waals surface area contributed by atoms with Crippen LogP contribution in [0.5, 0.6) is 0 Å². The van der Waals surface area contributed by atoms with Gasteiger partial charge in [-0.2, -0.15) is 0 Å². The van der Waals surface area contributed by atoms with E-state index in [2.05, 4.69) is 10.2 Å². The Hall–Kier alpha value is -1.54. The summed E-state index contributed by atoms with van der Waals surface area (Å²) in [6, 6.07) is 3.40. The Labute approximate surface area is 105 Å². The van der Waals surface area contributed by atoms with E-state index >= 15 is 0 Å². The first-order valence-corrected chi connectivity index (χ1v) is 6.50. The highest BCUT2D eigenvalue weighted by Crippen LogP contribution is 2.25. The minimum atomic E-state index is -0.899. The minimum Gasteiger partial charge on any atom is -0.477 e. The van der Waals surface area contributed by atoms with E-state index in [9.17, 15) is 4.79 Å². The summed E-state index contributed by atoms with van der Waals surface area (Å²) in [4.78, 5) is 12.0. The van der Waals surface area contributed by atoms with Crippen molar-refractivity contribution in [1.29, 1.82) is 0 Å². The number of carboxylic acid groups (broad SMARTS) is 1. The van der Waals surface area contributed by atoms with Crippen molar-refractivity contribution in [2.45, 2.75) is 17.8 Å². The normalized spacial score (nSPS) is 10.6. The lowest BCUT2D eigenvalue weighted by Gasteiger charge is -1.99. The van der Waals surface area contributed by atoms with Gasteiger partial charge in [-0.1, -0.05) is 11.8 Å². The van der Waals surface area contributed by atoms with Crippen molar-refractivity contribution >= 4 is 29.1 Å². The van der Waals surface area contributed by atoms with Gasteiger partial charge < -0.3 is 10.9 Å². The van der Waals surface area contributed by atoms with Gasteiger partial charge in [-0.3, -0.25) is 0 Å². The number of nitrogens with two attached hydrogens (primary N) is 1. The highest BCUT2D eigenvalue weighted by molar-refractivity contribution is 7.98. The summed E-state index contributed by atoms with van der Waals surface area (Å²) in [6.07, 6.45) is 0. The molecule has 0 aromatic carbocycles. The number of nitrogen functional groups attached to an aromatic ring is 1. The van der Waals surface area contributed by atoms with Crippen molar-refractivity contribution in [3.63, 3.8) is 0 Å². The third-order valence-corrected chi connectivity index (χ3v) is 4.30. The second-order valence-electron chi connectivity index (χ2n) is 3.26. The highest BCUT2D eigenvalue weighted by Gasteiger charge is 2.10. The predicted octanol–water partition coefficient (Wildman–Crippen LogP) is 1.35. The van der Waals surface area contributed by atoms with E-state index in [1.807, 2.05) is 0 Å². The van der Waals surface area contributed by atoms with Crippen LogP contribution in [0.2, 0.25) is 0 Å². The zero-order valence-electron chi connectivity index (χ0n) is 8.95. The first-order valence-electron chi connectivity index (χ1n) is 4.70. The van der Waals surface area contributed by atoms with Crippen LogP contribution in [0.25, 0.3) is 0 Å². The molecular formula is C9H10N4O2S2. The third-order valence-electron chi connectivity index (χ3n) is 2.05. The number of hydrogen-bond donors (Lipinski definition) is 2. The average molecular weight is 270 g/mol. The van der Waals surface area contributed by atoms with Crippen LogP contribution in [0.4, 0.5) is 0 Å². The lowest BCUT2D eigenvalue weighted by molar-refractivity contribution is 0.0702. The fourth-order valence-corrected chi connectivity index (χ4v) is 2.95. The Morgan fingerprint density at radius 3 is 2.88 bits per heavy atom. The fraction of sp³-hybridized carbons (Fsp3) is 0.222. The number of thiophene rings is 1. The topological polar surface area (TPSA) is 94.0 Å². The molecule has 0 unspecified atom stereocenters. The Morgan fingerprint density at radius 1 is 1.59 bits per heavy atom. The lowest BCUT2D eigenvalue weighted by Crippen LogP contribution is -2.11. The largest absolute Gasteiger partial charge is 0.477 e. The molecule has 0 aliphatic carbocycles. The van der Waals surface area contributed by atoms with Crippen molar-refractivity contribution in [2.75, 3.05) is 5.84 Å². The van der Waals surface area contributed by atoms with Gasteiger partial charge in [0.25, 0.3) is 0 Å². The molecule has 0 saturated heterocycles. The molecule has 0 amide bonds. The molecule has 0 aliphatic heterocycles. The van der Waals surface area contributed by atoms with E-state index < -0.39 is 5.97 Å². The fourth-order valence-electron chi connectivity index (χ4n) is 1.15.